The van der Waals surface area contributed by atoms with Crippen molar-refractivity contribution in [3.63, 3.8) is 0 Å². The number of hydrogen-bond donors (Lipinski definition) is 1. The zero-order chi connectivity index (χ0) is 8.04. The summed E-state index contributed by atoms with van der Waals surface area (Å²) in [5, 5.41) is 6.71. The van der Waals surface area contributed by atoms with Gasteiger partial charge < -0.3 is 5.41 Å². The van der Waals surface area contributed by atoms with Crippen LogP contribution in [0.15, 0.2) is 0 Å². The molecule has 0 radical (unpaired) electrons. The van der Waals surface area contributed by atoms with Crippen molar-refractivity contribution in [1.82, 2.24) is 0 Å². The monoisotopic (exact) mass is 201 g/mol. The second kappa shape index (κ2) is 5.22. The van der Waals surface area contributed by atoms with Gasteiger partial charge in [0.25, 0.3) is 0 Å². The number of halogens is 3. The first-order valence-corrected chi connectivity index (χ1v) is 4.25. The maximum Gasteiger partial charge on any atom is 0.190 e. The highest BCUT2D eigenvalue weighted by molar-refractivity contribution is 6.67. The van der Waals surface area contributed by atoms with Crippen molar-refractivity contribution < 1.29 is 0 Å². The topological polar surface area (TPSA) is 23.9 Å². The van der Waals surface area contributed by atoms with Crippen molar-refractivity contribution in [2.45, 2.75) is 29.5 Å². The lowest BCUT2D eigenvalue weighted by Crippen LogP contribution is -2.00. The minimum atomic E-state index is -1.11. The van der Waals surface area contributed by atoms with Crippen LogP contribution in [0.2, 0.25) is 0 Å². The highest BCUT2D eigenvalue weighted by atomic mass is 35.6. The van der Waals surface area contributed by atoms with Gasteiger partial charge in [0.05, 0.1) is 0 Å². The van der Waals surface area contributed by atoms with Gasteiger partial charge in [-0.2, -0.15) is 0 Å². The summed E-state index contributed by atoms with van der Waals surface area (Å²) in [4.78, 5) is 0. The van der Waals surface area contributed by atoms with Crippen LogP contribution in [0.1, 0.15) is 25.7 Å². The molecule has 0 heterocycles. The molecule has 1 N–H and O–H groups in total. The Hall–Kier alpha value is 0.540. The molecule has 1 nitrogen and oxygen atoms in total. The van der Waals surface area contributed by atoms with Crippen molar-refractivity contribution in [3.8, 4) is 0 Å². The quantitative estimate of drug-likeness (QED) is 0.409. The summed E-state index contributed by atoms with van der Waals surface area (Å²) < 4.78 is -1.11. The molecule has 0 atom stereocenters. The largest absolute Gasteiger partial charge is 0.313 e. The molecule has 0 fully saturated rings. The standard InChI is InChI=1S/C6H10Cl3N/c7-6(8,9)4-2-1-3-5-10/h5,10H,1-4H2. The van der Waals surface area contributed by atoms with Crippen LogP contribution in [0.5, 0.6) is 0 Å². The first-order valence-electron chi connectivity index (χ1n) is 3.12. The van der Waals surface area contributed by atoms with Crippen molar-refractivity contribution in [3.05, 3.63) is 0 Å². The first-order chi connectivity index (χ1) is 4.56. The predicted octanol–water partition coefficient (Wildman–Crippen LogP) is 3.57. The van der Waals surface area contributed by atoms with E-state index in [4.69, 9.17) is 40.2 Å². The Morgan fingerprint density at radius 1 is 1.20 bits per heavy atom. The van der Waals surface area contributed by atoms with Crippen LogP contribution >= 0.6 is 34.8 Å². The van der Waals surface area contributed by atoms with Gasteiger partial charge in [0.15, 0.2) is 3.79 Å². The second-order valence-corrected chi connectivity index (χ2v) is 4.58. The Morgan fingerprint density at radius 2 is 1.80 bits per heavy atom. The lowest BCUT2D eigenvalue weighted by Gasteiger charge is -2.08. The van der Waals surface area contributed by atoms with E-state index in [1.807, 2.05) is 0 Å². The molecule has 0 spiro atoms. The Morgan fingerprint density at radius 3 is 2.20 bits per heavy atom. The van der Waals surface area contributed by atoms with E-state index in [1.165, 1.54) is 6.21 Å². The maximum absolute atomic E-state index is 6.71. The van der Waals surface area contributed by atoms with Gasteiger partial charge in [0, 0.05) is 0 Å². The minimum Gasteiger partial charge on any atom is -0.313 e. The molecule has 0 amide bonds. The van der Waals surface area contributed by atoms with Gasteiger partial charge in [-0.15, -0.1) is 0 Å². The molecule has 4 heteroatoms. The molecule has 0 aromatic carbocycles. The summed E-state index contributed by atoms with van der Waals surface area (Å²) >= 11 is 16.5. The number of nitrogens with one attached hydrogen (secondary N) is 1. The summed E-state index contributed by atoms with van der Waals surface area (Å²) in [5.41, 5.74) is 0. The summed E-state index contributed by atoms with van der Waals surface area (Å²) in [6.07, 6.45) is 4.52. The summed E-state index contributed by atoms with van der Waals surface area (Å²) in [5.74, 6) is 0. The zero-order valence-electron chi connectivity index (χ0n) is 5.54. The highest BCUT2D eigenvalue weighted by Gasteiger charge is 2.17. The van der Waals surface area contributed by atoms with Gasteiger partial charge in [-0.05, 0) is 31.9 Å². The van der Waals surface area contributed by atoms with Crippen LogP contribution in [-0.2, 0) is 0 Å². The average Bonchev–Trinajstić information content (AvgIpc) is 1.78. The number of unbranched alkanes of at least 4 members (excludes halogenated alkanes) is 2. The fourth-order valence-corrected chi connectivity index (χ4v) is 0.973. The molecular formula is C6H10Cl3N. The molecule has 0 saturated heterocycles. The SMILES string of the molecule is N=CCCCCC(Cl)(Cl)Cl. The van der Waals surface area contributed by atoms with Crippen molar-refractivity contribution >= 4 is 41.0 Å². The number of hydrogen-bond acceptors (Lipinski definition) is 1. The van der Waals surface area contributed by atoms with Gasteiger partial charge in [0.2, 0.25) is 0 Å². The smallest absolute Gasteiger partial charge is 0.190 e. The average molecular weight is 203 g/mol. The summed E-state index contributed by atoms with van der Waals surface area (Å²) in [7, 11) is 0. The van der Waals surface area contributed by atoms with Gasteiger partial charge in [0.1, 0.15) is 0 Å². The fraction of sp³-hybridized carbons (Fsp3) is 0.833. The van der Waals surface area contributed by atoms with E-state index in [0.29, 0.717) is 6.42 Å². The van der Waals surface area contributed by atoms with Crippen LogP contribution in [0, 0.1) is 5.41 Å². The predicted molar refractivity (Wildman–Crippen MR) is 47.5 cm³/mol. The number of rotatable bonds is 4. The fourth-order valence-electron chi connectivity index (χ4n) is 0.572. The lowest BCUT2D eigenvalue weighted by atomic mass is 10.2. The Labute approximate surface area is 76.2 Å². The van der Waals surface area contributed by atoms with E-state index in [-0.39, 0.29) is 0 Å². The van der Waals surface area contributed by atoms with E-state index < -0.39 is 3.79 Å². The Kier molecular flexibility index (Phi) is 5.51. The van der Waals surface area contributed by atoms with Gasteiger partial charge in [-0.1, -0.05) is 34.8 Å². The molecule has 0 aliphatic rings. The zero-order valence-corrected chi connectivity index (χ0v) is 7.81. The molecule has 0 saturated carbocycles. The van der Waals surface area contributed by atoms with Crippen LogP contribution in [0.25, 0.3) is 0 Å². The molecular weight excluding hydrogens is 192 g/mol. The van der Waals surface area contributed by atoms with E-state index in [2.05, 4.69) is 0 Å². The minimum absolute atomic E-state index is 0.575. The van der Waals surface area contributed by atoms with Crippen LogP contribution in [0.4, 0.5) is 0 Å². The normalized spacial score (nSPS) is 11.5. The second-order valence-electron chi connectivity index (χ2n) is 2.07. The van der Waals surface area contributed by atoms with Crippen molar-refractivity contribution in [2.24, 2.45) is 0 Å². The summed E-state index contributed by atoms with van der Waals surface area (Å²) in [6, 6.07) is 0. The summed E-state index contributed by atoms with van der Waals surface area (Å²) in [6.45, 7) is 0. The molecule has 0 aromatic rings. The molecule has 0 rings (SSSR count). The number of alkyl halides is 3. The van der Waals surface area contributed by atoms with Crippen LogP contribution < -0.4 is 0 Å². The molecule has 60 valence electrons. The Balaban J connectivity index is 3.12. The third kappa shape index (κ3) is 8.54. The third-order valence-electron chi connectivity index (χ3n) is 1.06. The van der Waals surface area contributed by atoms with Gasteiger partial charge >= 0.3 is 0 Å². The lowest BCUT2D eigenvalue weighted by molar-refractivity contribution is 0.712. The van der Waals surface area contributed by atoms with E-state index >= 15 is 0 Å². The molecule has 0 aliphatic heterocycles. The van der Waals surface area contributed by atoms with Crippen molar-refractivity contribution in [1.29, 1.82) is 5.41 Å². The molecule has 0 bridgehead atoms. The van der Waals surface area contributed by atoms with E-state index in [1.54, 1.807) is 0 Å². The molecule has 10 heavy (non-hydrogen) atoms. The molecule has 0 unspecified atom stereocenters. The van der Waals surface area contributed by atoms with Crippen LogP contribution in [-0.4, -0.2) is 10.0 Å². The van der Waals surface area contributed by atoms with Gasteiger partial charge in [-0.25, -0.2) is 0 Å². The third-order valence-corrected chi connectivity index (χ3v) is 1.63. The Bertz CT molecular complexity index is 97.7. The highest BCUT2D eigenvalue weighted by Crippen LogP contribution is 2.31. The molecule has 0 aliphatic carbocycles. The van der Waals surface area contributed by atoms with Crippen molar-refractivity contribution in [2.75, 3.05) is 0 Å². The first kappa shape index (κ1) is 10.5. The molecule has 0 aromatic heterocycles. The van der Waals surface area contributed by atoms with E-state index in [0.717, 1.165) is 19.3 Å². The van der Waals surface area contributed by atoms with E-state index in [9.17, 15) is 0 Å². The maximum atomic E-state index is 6.71. The van der Waals surface area contributed by atoms with Gasteiger partial charge in [-0.3, -0.25) is 0 Å². The van der Waals surface area contributed by atoms with Crippen LogP contribution in [0.3, 0.4) is 0 Å².